The van der Waals surface area contributed by atoms with Crippen molar-refractivity contribution in [2.45, 2.75) is 256 Å². The number of nitrogens with zero attached hydrogens (tertiary/aromatic N) is 2. The Bertz CT molecular complexity index is 4160. The molecule has 0 spiro atoms. The Morgan fingerprint density at radius 1 is 0.299 bits per heavy atom. The van der Waals surface area contributed by atoms with Crippen molar-refractivity contribution in [2.24, 2.45) is 10.8 Å². The molecule has 6 heteroatoms. The number of ether oxygens (including phenoxy) is 2. The van der Waals surface area contributed by atoms with Gasteiger partial charge in [-0.25, -0.2) is 0 Å². The Labute approximate surface area is 584 Å². The van der Waals surface area contributed by atoms with Crippen LogP contribution in [0, 0.1) is 10.8 Å². The van der Waals surface area contributed by atoms with Gasteiger partial charge in [0, 0.05) is 50.2 Å². The fourth-order valence-corrected chi connectivity index (χ4v) is 15.4. The smallest absolute Gasteiger partial charge is 0.151 e. The van der Waals surface area contributed by atoms with Crippen LogP contribution in [0.25, 0.3) is 77.2 Å². The van der Waals surface area contributed by atoms with Gasteiger partial charge in [-0.1, -0.05) is 267 Å². The normalized spacial score (nSPS) is 13.6. The lowest BCUT2D eigenvalue weighted by Crippen LogP contribution is -2.27. The summed E-state index contributed by atoms with van der Waals surface area (Å²) < 4.78 is 19.8. The number of phenols is 2. The maximum Gasteiger partial charge on any atom is 0.151 e. The van der Waals surface area contributed by atoms with Crippen molar-refractivity contribution in [1.82, 2.24) is 9.13 Å². The SMILES string of the molecule is CC(C)(C)CC(C)(C)c1cc(-c2ccc(C(C)(C)C)cc2)c(O)c(-n2c3ccc(C(C)(C)C)cc3c3cc(C(C)(C)C)ccc32)c1OCCCOc1c(C(C)(C)CC(C)(C)C)cc(-c2ccc(C(C)(C)C)cc2)c(O)c1-n1c2ccc(C(C)(C)C)cc2c2cc(C(C)(C)C)ccc21. The van der Waals surface area contributed by atoms with Gasteiger partial charge in [0.05, 0.1) is 35.3 Å². The lowest BCUT2D eigenvalue weighted by atomic mass is 9.71. The van der Waals surface area contributed by atoms with E-state index in [4.69, 9.17) is 9.47 Å². The molecule has 0 saturated carbocycles. The first-order valence-corrected chi connectivity index (χ1v) is 35.9. The summed E-state index contributed by atoms with van der Waals surface area (Å²) in [6.45, 7) is 64.6. The number of aromatic hydroxyl groups is 2. The lowest BCUT2D eigenvalue weighted by Gasteiger charge is -2.36. The van der Waals surface area contributed by atoms with E-state index >= 15 is 0 Å². The zero-order valence-electron chi connectivity index (χ0n) is 64.8. The molecule has 0 aliphatic carbocycles. The topological polar surface area (TPSA) is 68.8 Å². The minimum atomic E-state index is -0.442. The molecule has 6 nitrogen and oxygen atoms in total. The van der Waals surface area contributed by atoms with Gasteiger partial charge in [-0.15, -0.1) is 0 Å². The van der Waals surface area contributed by atoms with Crippen LogP contribution in [-0.4, -0.2) is 32.6 Å². The zero-order chi connectivity index (χ0) is 71.7. The molecule has 8 aromatic carbocycles. The van der Waals surface area contributed by atoms with E-state index in [2.05, 4.69) is 336 Å². The van der Waals surface area contributed by atoms with Crippen LogP contribution in [0.1, 0.15) is 258 Å². The number of phenolic OH excluding ortho intramolecular Hbond substituents is 2. The highest BCUT2D eigenvalue weighted by Gasteiger charge is 2.38. The summed E-state index contributed by atoms with van der Waals surface area (Å²) >= 11 is 0. The molecule has 0 amide bonds. The summed E-state index contributed by atoms with van der Waals surface area (Å²) in [4.78, 5) is 0. The van der Waals surface area contributed by atoms with Crippen LogP contribution >= 0.6 is 0 Å². The molecule has 0 atom stereocenters. The number of rotatable bonds is 14. The highest BCUT2D eigenvalue weighted by atomic mass is 16.5. The van der Waals surface area contributed by atoms with Crippen molar-refractivity contribution in [1.29, 1.82) is 0 Å². The average Bonchev–Trinajstić information content (AvgIpc) is 1.63. The molecule has 2 heterocycles. The van der Waals surface area contributed by atoms with Crippen molar-refractivity contribution >= 4 is 43.6 Å². The van der Waals surface area contributed by atoms with E-state index in [1.165, 1.54) is 33.4 Å². The first kappa shape index (κ1) is 72.3. The van der Waals surface area contributed by atoms with Gasteiger partial charge < -0.3 is 28.8 Å². The van der Waals surface area contributed by atoms with Crippen LogP contribution in [-0.2, 0) is 43.3 Å². The summed E-state index contributed by atoms with van der Waals surface area (Å²) in [5.74, 6) is 1.64. The predicted molar refractivity (Wildman–Crippen MR) is 418 cm³/mol. The highest BCUT2D eigenvalue weighted by molar-refractivity contribution is 6.12. The summed E-state index contributed by atoms with van der Waals surface area (Å²) in [5.41, 5.74) is 16.6. The summed E-state index contributed by atoms with van der Waals surface area (Å²) in [7, 11) is 0. The second-order valence-corrected chi connectivity index (χ2v) is 38.5. The highest BCUT2D eigenvalue weighted by Crippen LogP contribution is 2.55. The first-order chi connectivity index (χ1) is 44.5. The van der Waals surface area contributed by atoms with Gasteiger partial charge >= 0.3 is 0 Å². The third kappa shape index (κ3) is 14.7. The fourth-order valence-electron chi connectivity index (χ4n) is 15.4. The van der Waals surface area contributed by atoms with Crippen LogP contribution in [0.3, 0.4) is 0 Å². The van der Waals surface area contributed by atoms with E-state index < -0.39 is 10.8 Å². The second kappa shape index (κ2) is 24.8. The number of hydrogen-bond acceptors (Lipinski definition) is 4. The summed E-state index contributed by atoms with van der Waals surface area (Å²) in [6.07, 6.45) is 2.17. The Kier molecular flexibility index (Phi) is 18.5. The monoisotopic (exact) mass is 1300 g/mol. The second-order valence-electron chi connectivity index (χ2n) is 38.5. The minimum Gasteiger partial charge on any atom is -0.505 e. The van der Waals surface area contributed by atoms with Crippen LogP contribution < -0.4 is 9.47 Å². The van der Waals surface area contributed by atoms with E-state index in [1.54, 1.807) is 0 Å². The van der Waals surface area contributed by atoms with Crippen LogP contribution in [0.2, 0.25) is 0 Å². The average molecular weight is 1300 g/mol. The Balaban J connectivity index is 1.21. The quantitative estimate of drug-likeness (QED) is 0.106. The molecular weight excluding hydrogens is 1190 g/mol. The standard InChI is InChI=1S/C91H118N2O4/c1-82(2,3)54-90(25,26)70-52-64(56-30-34-58(35-31-56)84(7,8)9)78(94)76(92-72-42-38-60(86(13,14)15)48-66(72)67-49-61(87(16,17)18)39-43-73(67)92)80(70)96-46-29-47-97-81-71(91(27,28)55-83(4,5)6)53-65(57-32-36-59(37-33-57)85(10,11)12)79(95)77(81)93-74-44-40-62(88(19,20)21)50-68(74)69-51-63(89(22,23)24)41-45-75(69)93/h30-45,48-53,94-95H,29,46-47,54-55H2,1-28H3. The van der Waals surface area contributed by atoms with Gasteiger partial charge in [-0.2, -0.15) is 0 Å². The van der Waals surface area contributed by atoms with Crippen molar-refractivity contribution < 1.29 is 19.7 Å². The maximum atomic E-state index is 13.7. The number of aromatic nitrogens is 2. The van der Waals surface area contributed by atoms with Gasteiger partial charge in [0.2, 0.25) is 0 Å². The van der Waals surface area contributed by atoms with Crippen molar-refractivity contribution in [3.63, 3.8) is 0 Å². The van der Waals surface area contributed by atoms with Crippen molar-refractivity contribution in [3.05, 3.63) is 178 Å². The molecule has 2 N–H and O–H groups in total. The fraction of sp³-hybridized carbons (Fsp3) is 0.473. The molecule has 0 saturated heterocycles. The zero-order valence-corrected chi connectivity index (χ0v) is 64.8. The Hall–Kier alpha value is -7.44. The number of hydrogen-bond donors (Lipinski definition) is 2. The van der Waals surface area contributed by atoms with Crippen LogP contribution in [0.5, 0.6) is 23.0 Å². The third-order valence-corrected chi connectivity index (χ3v) is 20.2. The molecule has 0 unspecified atom stereocenters. The molecule has 516 valence electrons. The van der Waals surface area contributed by atoms with E-state index in [1.807, 2.05) is 0 Å². The maximum absolute atomic E-state index is 13.7. The molecule has 0 radical (unpaired) electrons. The Morgan fingerprint density at radius 3 is 0.763 bits per heavy atom. The molecule has 0 bridgehead atoms. The molecule has 97 heavy (non-hydrogen) atoms. The van der Waals surface area contributed by atoms with Gasteiger partial charge in [0.15, 0.2) is 23.0 Å². The summed E-state index contributed by atoms with van der Waals surface area (Å²) in [6, 6.07) is 49.6. The van der Waals surface area contributed by atoms with Crippen LogP contribution in [0.4, 0.5) is 0 Å². The molecule has 10 aromatic rings. The third-order valence-electron chi connectivity index (χ3n) is 20.2. The lowest BCUT2D eigenvalue weighted by molar-refractivity contribution is 0.229. The molecule has 0 aliphatic heterocycles. The number of fused-ring (bicyclic) bond motifs is 6. The Morgan fingerprint density at radius 2 is 0.536 bits per heavy atom. The van der Waals surface area contributed by atoms with Crippen molar-refractivity contribution in [3.8, 4) is 56.6 Å². The first-order valence-electron chi connectivity index (χ1n) is 35.9. The summed E-state index contributed by atoms with van der Waals surface area (Å²) in [5, 5.41) is 31.9. The molecule has 0 fully saturated rings. The minimum absolute atomic E-state index is 0.0553. The van der Waals surface area contributed by atoms with Gasteiger partial charge in [0.1, 0.15) is 11.4 Å². The van der Waals surface area contributed by atoms with Crippen LogP contribution in [0.15, 0.2) is 133 Å². The van der Waals surface area contributed by atoms with E-state index in [0.717, 1.165) is 89.8 Å². The molecule has 10 rings (SSSR count). The largest absolute Gasteiger partial charge is 0.505 e. The predicted octanol–water partition coefficient (Wildman–Crippen LogP) is 25.7. The van der Waals surface area contributed by atoms with E-state index in [-0.39, 0.29) is 68.0 Å². The van der Waals surface area contributed by atoms with Crippen molar-refractivity contribution in [2.75, 3.05) is 13.2 Å². The molecule has 2 aromatic heterocycles. The van der Waals surface area contributed by atoms with E-state index in [0.29, 0.717) is 29.3 Å². The van der Waals surface area contributed by atoms with Gasteiger partial charge in [0.25, 0.3) is 0 Å². The van der Waals surface area contributed by atoms with Gasteiger partial charge in [-0.05, 0) is 172 Å². The van der Waals surface area contributed by atoms with E-state index in [9.17, 15) is 10.2 Å². The van der Waals surface area contributed by atoms with Gasteiger partial charge in [-0.3, -0.25) is 0 Å². The number of benzene rings is 8. The molecular formula is C91H118N2O4. The molecule has 0 aliphatic rings.